The van der Waals surface area contributed by atoms with Gasteiger partial charge in [-0.15, -0.1) is 0 Å². The molecule has 6 atom stereocenters. The van der Waals surface area contributed by atoms with E-state index in [4.69, 9.17) is 18.9 Å². The van der Waals surface area contributed by atoms with Crippen LogP contribution in [-0.2, 0) is 38.3 Å². The van der Waals surface area contributed by atoms with Gasteiger partial charge in [0, 0.05) is 13.0 Å². The topological polar surface area (TPSA) is 178 Å². The lowest BCUT2D eigenvalue weighted by atomic mass is 9.99. The van der Waals surface area contributed by atoms with Crippen molar-refractivity contribution in [2.75, 3.05) is 26.4 Å². The van der Waals surface area contributed by atoms with Gasteiger partial charge in [0.05, 0.1) is 19.8 Å². The molecule has 0 aliphatic carbocycles. The molecule has 4 N–H and O–H groups in total. The van der Waals surface area contributed by atoms with Crippen LogP contribution in [0.25, 0.3) is 0 Å². The van der Waals surface area contributed by atoms with Crippen molar-refractivity contribution in [3.63, 3.8) is 0 Å². The zero-order valence-corrected chi connectivity index (χ0v) is 48.1. The van der Waals surface area contributed by atoms with Crippen molar-refractivity contribution >= 4 is 16.4 Å². The van der Waals surface area contributed by atoms with Crippen LogP contribution in [0, 0.1) is 0 Å². The number of aliphatic hydroxyl groups excluding tert-OH is 3. The Balaban J connectivity index is 2.30. The highest BCUT2D eigenvalue weighted by Crippen LogP contribution is 2.26. The number of allylic oxidation sites excluding steroid dienone is 18. The Labute approximate surface area is 462 Å². The zero-order valence-electron chi connectivity index (χ0n) is 47.3. The van der Waals surface area contributed by atoms with Crippen molar-refractivity contribution in [2.24, 2.45) is 0 Å². The SMILES string of the molecule is CC/C=C\C/C=C\C/C=C\C/C=C\C/C=C\CCCCCCCCCCCC(=O)OC(COCCCCCCCCCCCCC/C=C\C/C=C\C/C=C\C/C=C\CC)COC1OC(CO)C(O)C(OS(=O)(=O)O)C1O. The van der Waals surface area contributed by atoms with E-state index in [0.717, 1.165) is 109 Å². The number of rotatable bonds is 51. The number of unbranched alkanes of at least 4 members (excludes halogenated alkanes) is 20. The molecule has 0 saturated carbocycles. The fourth-order valence-corrected chi connectivity index (χ4v) is 9.02. The molecular formula is C63H106O12S. The van der Waals surface area contributed by atoms with Crippen LogP contribution in [0.2, 0.25) is 0 Å². The second-order valence-electron chi connectivity index (χ2n) is 19.8. The van der Waals surface area contributed by atoms with E-state index in [1.54, 1.807) is 0 Å². The fraction of sp³-hybridized carbons (Fsp3) is 0.698. The summed E-state index contributed by atoms with van der Waals surface area (Å²) >= 11 is 0. The van der Waals surface area contributed by atoms with E-state index in [0.29, 0.717) is 13.0 Å². The normalized spacial score (nSPS) is 19.4. The molecule has 1 saturated heterocycles. The number of ether oxygens (including phenoxy) is 4. The minimum absolute atomic E-state index is 0.0251. The van der Waals surface area contributed by atoms with E-state index in [1.165, 1.54) is 83.5 Å². The molecule has 13 heteroatoms. The van der Waals surface area contributed by atoms with Gasteiger partial charge >= 0.3 is 16.4 Å². The van der Waals surface area contributed by atoms with Crippen LogP contribution in [0.15, 0.2) is 109 Å². The van der Waals surface area contributed by atoms with Gasteiger partial charge in [-0.1, -0.05) is 226 Å². The predicted octanol–water partition coefficient (Wildman–Crippen LogP) is 15.1. The van der Waals surface area contributed by atoms with E-state index in [9.17, 15) is 33.1 Å². The third kappa shape index (κ3) is 44.7. The van der Waals surface area contributed by atoms with Gasteiger partial charge in [0.1, 0.15) is 30.5 Å². The minimum atomic E-state index is -5.08. The molecule has 0 bridgehead atoms. The molecule has 0 aromatic carbocycles. The Morgan fingerprint density at radius 1 is 0.500 bits per heavy atom. The molecule has 76 heavy (non-hydrogen) atoms. The average molecular weight is 1090 g/mol. The molecule has 0 aromatic heterocycles. The third-order valence-corrected chi connectivity index (χ3v) is 13.4. The quantitative estimate of drug-likeness (QED) is 0.0196. The molecule has 0 amide bonds. The van der Waals surface area contributed by atoms with Crippen LogP contribution in [0.4, 0.5) is 0 Å². The highest BCUT2D eigenvalue weighted by Gasteiger charge is 2.48. The molecule has 436 valence electrons. The predicted molar refractivity (Wildman–Crippen MR) is 312 cm³/mol. The van der Waals surface area contributed by atoms with Crippen molar-refractivity contribution in [1.29, 1.82) is 0 Å². The van der Waals surface area contributed by atoms with Crippen molar-refractivity contribution in [1.82, 2.24) is 0 Å². The molecule has 12 nitrogen and oxygen atoms in total. The standard InChI is InChI=1S/C63H106O12S/c1-3-5-7-9-11-13-15-17-19-21-23-25-27-29-30-32-34-36-38-40-42-44-46-48-50-52-59(65)73-57(56-72-63-61(67)62(75-76(68,69)70)60(66)58(54-64)74-63)55-71-53-51-49-47-45-43-41-39-37-35-33-31-28-26-24-22-20-18-16-14-12-10-8-6-4-2/h5-8,11-14,17-20,23-26,29-30,57-58,60-64,66-67H,3-4,9-10,15-16,21-22,27-28,31-56H2,1-2H3,(H,68,69,70)/b7-5-,8-6-,13-11-,14-12-,19-17-,20-18-,25-23-,26-24-,30-29-. The first-order chi connectivity index (χ1) is 37.1. The molecule has 0 spiro atoms. The first kappa shape index (κ1) is 70.8. The van der Waals surface area contributed by atoms with Crippen molar-refractivity contribution in [3.05, 3.63) is 109 Å². The highest BCUT2D eigenvalue weighted by atomic mass is 32.3. The summed E-state index contributed by atoms with van der Waals surface area (Å²) in [6, 6.07) is 0. The largest absolute Gasteiger partial charge is 0.457 e. The molecule has 1 aliphatic rings. The van der Waals surface area contributed by atoms with Gasteiger partial charge in [0.2, 0.25) is 0 Å². The summed E-state index contributed by atoms with van der Waals surface area (Å²) < 4.78 is 59.5. The van der Waals surface area contributed by atoms with Crippen molar-refractivity contribution in [3.8, 4) is 0 Å². The molecule has 1 fully saturated rings. The van der Waals surface area contributed by atoms with Gasteiger partial charge in [-0.05, 0) is 96.3 Å². The lowest BCUT2D eigenvalue weighted by Crippen LogP contribution is -2.60. The van der Waals surface area contributed by atoms with Crippen LogP contribution in [0.5, 0.6) is 0 Å². The average Bonchev–Trinajstić information content (AvgIpc) is 3.40. The maximum absolute atomic E-state index is 13.0. The van der Waals surface area contributed by atoms with Crippen LogP contribution in [-0.4, -0.2) is 97.5 Å². The number of carbonyl (C=O) groups is 1. The molecule has 6 unspecified atom stereocenters. The molecule has 1 rings (SSSR count). The Kier molecular flexibility index (Phi) is 48.9. The number of hydrogen-bond donors (Lipinski definition) is 4. The monoisotopic (exact) mass is 1090 g/mol. The van der Waals surface area contributed by atoms with Gasteiger partial charge in [-0.25, -0.2) is 4.18 Å². The molecule has 1 heterocycles. The second-order valence-corrected chi connectivity index (χ2v) is 20.9. The molecule has 0 radical (unpaired) electrons. The first-order valence-electron chi connectivity index (χ1n) is 29.6. The fourth-order valence-electron chi connectivity index (χ4n) is 8.52. The second kappa shape index (κ2) is 52.5. The summed E-state index contributed by atoms with van der Waals surface area (Å²) in [5.74, 6) is -0.409. The number of hydrogen-bond acceptors (Lipinski definition) is 11. The summed E-state index contributed by atoms with van der Waals surface area (Å²) in [5.41, 5.74) is 0. The van der Waals surface area contributed by atoms with Gasteiger partial charge in [-0.3, -0.25) is 9.35 Å². The highest BCUT2D eigenvalue weighted by molar-refractivity contribution is 7.80. The lowest BCUT2D eigenvalue weighted by molar-refractivity contribution is -0.301. The number of carbonyl (C=O) groups excluding carboxylic acids is 1. The van der Waals surface area contributed by atoms with E-state index in [2.05, 4.69) is 127 Å². The summed E-state index contributed by atoms with van der Waals surface area (Å²) in [6.07, 6.45) is 65.5. The van der Waals surface area contributed by atoms with E-state index in [-0.39, 0.29) is 19.6 Å². The van der Waals surface area contributed by atoms with Crippen molar-refractivity contribution < 1.29 is 56.2 Å². The first-order valence-corrected chi connectivity index (χ1v) is 31.0. The molecule has 1 aliphatic heterocycles. The van der Waals surface area contributed by atoms with Gasteiger partial charge < -0.3 is 34.3 Å². The van der Waals surface area contributed by atoms with E-state index in [1.807, 2.05) is 0 Å². The Morgan fingerprint density at radius 3 is 1.26 bits per heavy atom. The van der Waals surface area contributed by atoms with Gasteiger partial charge in [0.25, 0.3) is 0 Å². The maximum atomic E-state index is 13.0. The number of aliphatic hydroxyl groups is 3. The Hall–Kier alpha value is -3.24. The van der Waals surface area contributed by atoms with Crippen LogP contribution in [0.3, 0.4) is 0 Å². The molecular weight excluding hydrogens is 981 g/mol. The summed E-state index contributed by atoms with van der Waals surface area (Å²) in [4.78, 5) is 13.0. The van der Waals surface area contributed by atoms with Crippen LogP contribution in [0.1, 0.15) is 219 Å². The Morgan fingerprint density at radius 2 is 0.868 bits per heavy atom. The van der Waals surface area contributed by atoms with Crippen molar-refractivity contribution in [2.45, 2.75) is 256 Å². The van der Waals surface area contributed by atoms with Gasteiger partial charge in [0.15, 0.2) is 6.29 Å². The van der Waals surface area contributed by atoms with Crippen LogP contribution < -0.4 is 0 Å². The third-order valence-electron chi connectivity index (χ3n) is 12.9. The van der Waals surface area contributed by atoms with Crippen LogP contribution >= 0.6 is 0 Å². The smallest absolute Gasteiger partial charge is 0.397 e. The summed E-state index contributed by atoms with van der Waals surface area (Å²) in [6.45, 7) is 3.76. The summed E-state index contributed by atoms with van der Waals surface area (Å²) in [7, 11) is -5.08. The van der Waals surface area contributed by atoms with E-state index < -0.39 is 59.8 Å². The van der Waals surface area contributed by atoms with E-state index >= 15 is 0 Å². The maximum Gasteiger partial charge on any atom is 0.397 e. The molecule has 0 aromatic rings. The zero-order chi connectivity index (χ0) is 55.3. The van der Waals surface area contributed by atoms with Gasteiger partial charge in [-0.2, -0.15) is 8.42 Å². The lowest BCUT2D eigenvalue weighted by Gasteiger charge is -2.41. The minimum Gasteiger partial charge on any atom is -0.457 e. The summed E-state index contributed by atoms with van der Waals surface area (Å²) in [5, 5.41) is 30.9. The number of esters is 1. The Bertz CT molecular complexity index is 1730.